The van der Waals surface area contributed by atoms with Crippen molar-refractivity contribution in [3.8, 4) is 0 Å². The number of rotatable bonds is 6. The number of nitrogens with zero attached hydrogens (tertiary/aromatic N) is 1. The first kappa shape index (κ1) is 13.2. The van der Waals surface area contributed by atoms with Crippen molar-refractivity contribution < 1.29 is 9.59 Å². The Bertz CT molecular complexity index is 417. The molecule has 2 amide bonds. The summed E-state index contributed by atoms with van der Waals surface area (Å²) < 4.78 is 0. The fraction of sp³-hybridized carbons (Fsp3) is 0.538. The molecule has 0 saturated carbocycles. The molecule has 98 valence electrons. The summed E-state index contributed by atoms with van der Waals surface area (Å²) in [5.74, 6) is -0.109. The van der Waals surface area contributed by atoms with E-state index in [4.69, 9.17) is 0 Å². The molecule has 1 N–H and O–H groups in total. The number of carbonyl (C=O) groups excluding carboxylic acids is 2. The number of nitrogens with one attached hydrogen (secondary N) is 1. The van der Waals surface area contributed by atoms with Gasteiger partial charge in [-0.3, -0.25) is 14.5 Å². The summed E-state index contributed by atoms with van der Waals surface area (Å²) in [5.41, 5.74) is 1.27. The molecule has 2 heterocycles. The molecule has 0 bridgehead atoms. The van der Waals surface area contributed by atoms with E-state index in [0.717, 1.165) is 19.4 Å². The van der Waals surface area contributed by atoms with Crippen LogP contribution in [0.4, 0.5) is 0 Å². The molecular formula is C13H18N2O2S. The lowest BCUT2D eigenvalue weighted by molar-refractivity contribution is -0.138. The Kier molecular flexibility index (Phi) is 4.49. The molecule has 5 heteroatoms. The minimum atomic E-state index is -0.317. The van der Waals surface area contributed by atoms with Crippen molar-refractivity contribution in [2.75, 3.05) is 13.1 Å². The van der Waals surface area contributed by atoms with Gasteiger partial charge in [-0.05, 0) is 41.8 Å². The van der Waals surface area contributed by atoms with Crippen molar-refractivity contribution in [1.82, 2.24) is 10.2 Å². The molecule has 1 atom stereocenters. The number of imide groups is 1. The van der Waals surface area contributed by atoms with Gasteiger partial charge in [0.1, 0.15) is 0 Å². The van der Waals surface area contributed by atoms with Crippen LogP contribution >= 0.6 is 11.3 Å². The van der Waals surface area contributed by atoms with E-state index in [-0.39, 0.29) is 17.9 Å². The zero-order valence-electron chi connectivity index (χ0n) is 10.5. The zero-order valence-corrected chi connectivity index (χ0v) is 11.3. The van der Waals surface area contributed by atoms with Gasteiger partial charge in [-0.15, -0.1) is 0 Å². The summed E-state index contributed by atoms with van der Waals surface area (Å²) in [4.78, 5) is 25.0. The van der Waals surface area contributed by atoms with E-state index < -0.39 is 0 Å². The molecule has 0 aliphatic carbocycles. The molecule has 0 aromatic carbocycles. The van der Waals surface area contributed by atoms with Crippen molar-refractivity contribution in [2.45, 2.75) is 32.2 Å². The lowest BCUT2D eigenvalue weighted by atomic mass is 10.2. The fourth-order valence-corrected chi connectivity index (χ4v) is 2.83. The van der Waals surface area contributed by atoms with Crippen molar-refractivity contribution in [2.24, 2.45) is 0 Å². The van der Waals surface area contributed by atoms with Gasteiger partial charge >= 0.3 is 0 Å². The topological polar surface area (TPSA) is 49.4 Å². The third-order valence-electron chi connectivity index (χ3n) is 3.08. The lowest BCUT2D eigenvalue weighted by Crippen LogP contribution is -2.39. The first-order valence-electron chi connectivity index (χ1n) is 6.31. The maximum Gasteiger partial charge on any atom is 0.246 e. The van der Waals surface area contributed by atoms with Gasteiger partial charge in [-0.2, -0.15) is 11.3 Å². The van der Waals surface area contributed by atoms with E-state index in [1.165, 1.54) is 10.5 Å². The van der Waals surface area contributed by atoms with Gasteiger partial charge in [0.15, 0.2) is 0 Å². The van der Waals surface area contributed by atoms with Crippen molar-refractivity contribution in [1.29, 1.82) is 0 Å². The predicted molar refractivity (Wildman–Crippen MR) is 71.4 cm³/mol. The number of hydrogen-bond acceptors (Lipinski definition) is 4. The molecule has 1 fully saturated rings. The van der Waals surface area contributed by atoms with Crippen LogP contribution in [0.5, 0.6) is 0 Å². The molecule has 4 nitrogen and oxygen atoms in total. The third-order valence-corrected chi connectivity index (χ3v) is 3.81. The summed E-state index contributed by atoms with van der Waals surface area (Å²) >= 11 is 1.67. The number of carbonyl (C=O) groups is 2. The van der Waals surface area contributed by atoms with Crippen LogP contribution in [0, 0.1) is 0 Å². The predicted octanol–water partition coefficient (Wildman–Crippen LogP) is 1.42. The Morgan fingerprint density at radius 1 is 1.50 bits per heavy atom. The second-order valence-corrected chi connectivity index (χ2v) is 5.26. The zero-order chi connectivity index (χ0) is 13.0. The molecule has 1 aliphatic rings. The van der Waals surface area contributed by atoms with E-state index in [9.17, 15) is 9.59 Å². The molecular weight excluding hydrogens is 248 g/mol. The highest BCUT2D eigenvalue weighted by atomic mass is 32.1. The third kappa shape index (κ3) is 2.97. The number of amides is 2. The quantitative estimate of drug-likeness (QED) is 0.792. The Balaban J connectivity index is 1.80. The fourth-order valence-electron chi connectivity index (χ4n) is 2.13. The van der Waals surface area contributed by atoms with Crippen molar-refractivity contribution >= 4 is 23.2 Å². The molecule has 1 aromatic heterocycles. The highest BCUT2D eigenvalue weighted by Crippen LogP contribution is 2.13. The molecule has 18 heavy (non-hydrogen) atoms. The highest BCUT2D eigenvalue weighted by molar-refractivity contribution is 7.07. The van der Waals surface area contributed by atoms with E-state index in [0.29, 0.717) is 13.0 Å². The number of likely N-dealkylation sites (tertiary alicyclic amines) is 1. The second kappa shape index (κ2) is 6.11. The molecule has 1 saturated heterocycles. The van der Waals surface area contributed by atoms with E-state index in [2.05, 4.69) is 16.8 Å². The van der Waals surface area contributed by atoms with Crippen LogP contribution in [0.15, 0.2) is 16.8 Å². The first-order valence-corrected chi connectivity index (χ1v) is 7.25. The number of hydrogen-bond donors (Lipinski definition) is 1. The number of thiophene rings is 1. The van der Waals surface area contributed by atoms with Gasteiger partial charge in [0.2, 0.25) is 11.8 Å². The van der Waals surface area contributed by atoms with Crippen LogP contribution in [0.2, 0.25) is 0 Å². The Morgan fingerprint density at radius 3 is 3.00 bits per heavy atom. The average Bonchev–Trinajstić information content (AvgIpc) is 2.94. The van der Waals surface area contributed by atoms with Gasteiger partial charge in [0, 0.05) is 6.54 Å². The normalized spacial score (nSPS) is 19.8. The van der Waals surface area contributed by atoms with Crippen LogP contribution in [0.3, 0.4) is 0 Å². The minimum Gasteiger partial charge on any atom is -0.305 e. The van der Waals surface area contributed by atoms with E-state index >= 15 is 0 Å². The largest absolute Gasteiger partial charge is 0.305 e. The van der Waals surface area contributed by atoms with Crippen LogP contribution in [-0.4, -0.2) is 35.8 Å². The molecule has 1 aliphatic heterocycles. The second-order valence-electron chi connectivity index (χ2n) is 4.48. The van der Waals surface area contributed by atoms with Gasteiger partial charge in [-0.25, -0.2) is 0 Å². The van der Waals surface area contributed by atoms with Crippen molar-refractivity contribution in [3.63, 3.8) is 0 Å². The van der Waals surface area contributed by atoms with Crippen LogP contribution in [0.25, 0.3) is 0 Å². The molecule has 1 unspecified atom stereocenters. The molecule has 2 rings (SSSR count). The SMILES string of the molecule is CCCN1C(=O)CC(NCCc2ccsc2)C1=O. The maximum atomic E-state index is 11.9. The van der Waals surface area contributed by atoms with Crippen LogP contribution < -0.4 is 5.32 Å². The summed E-state index contributed by atoms with van der Waals surface area (Å²) in [6.07, 6.45) is 2.02. The van der Waals surface area contributed by atoms with Crippen LogP contribution in [0.1, 0.15) is 25.3 Å². The van der Waals surface area contributed by atoms with Gasteiger partial charge in [0.05, 0.1) is 12.5 Å². The monoisotopic (exact) mass is 266 g/mol. The van der Waals surface area contributed by atoms with E-state index in [1.54, 1.807) is 11.3 Å². The molecule has 0 radical (unpaired) electrons. The van der Waals surface area contributed by atoms with Crippen LogP contribution in [-0.2, 0) is 16.0 Å². The van der Waals surface area contributed by atoms with E-state index in [1.807, 2.05) is 12.3 Å². The average molecular weight is 266 g/mol. The summed E-state index contributed by atoms with van der Waals surface area (Å²) in [7, 11) is 0. The lowest BCUT2D eigenvalue weighted by Gasteiger charge is -2.14. The Hall–Kier alpha value is -1.20. The molecule has 0 spiro atoms. The molecule has 1 aromatic rings. The van der Waals surface area contributed by atoms with Crippen molar-refractivity contribution in [3.05, 3.63) is 22.4 Å². The minimum absolute atomic E-state index is 0.0464. The smallest absolute Gasteiger partial charge is 0.246 e. The maximum absolute atomic E-state index is 11.9. The summed E-state index contributed by atoms with van der Waals surface area (Å²) in [6, 6.07) is 1.76. The standard InChI is InChI=1S/C13H18N2O2S/c1-2-6-15-12(16)8-11(13(15)17)14-5-3-10-4-7-18-9-10/h4,7,9,11,14H,2-3,5-6,8H2,1H3. The Morgan fingerprint density at radius 2 is 2.33 bits per heavy atom. The first-order chi connectivity index (χ1) is 8.72. The van der Waals surface area contributed by atoms with Gasteiger partial charge in [0.25, 0.3) is 0 Å². The summed E-state index contributed by atoms with van der Waals surface area (Å²) in [5, 5.41) is 7.33. The summed E-state index contributed by atoms with van der Waals surface area (Å²) in [6.45, 7) is 3.25. The Labute approximate surface area is 111 Å². The van der Waals surface area contributed by atoms with Gasteiger partial charge in [-0.1, -0.05) is 6.92 Å². The highest BCUT2D eigenvalue weighted by Gasteiger charge is 2.37. The van der Waals surface area contributed by atoms with Gasteiger partial charge < -0.3 is 5.32 Å².